The van der Waals surface area contributed by atoms with Crippen LogP contribution >= 0.6 is 11.8 Å². The molecule has 0 atom stereocenters. The van der Waals surface area contributed by atoms with Gasteiger partial charge in [0.1, 0.15) is 11.5 Å². The molecule has 0 aliphatic carbocycles. The van der Waals surface area contributed by atoms with Crippen LogP contribution in [0.5, 0.6) is 0 Å². The fourth-order valence-corrected chi connectivity index (χ4v) is 2.72. The molecular formula is C16H17FN4OS. The van der Waals surface area contributed by atoms with Gasteiger partial charge < -0.3 is 4.52 Å². The maximum Gasteiger partial charge on any atom is 0.237 e. The van der Waals surface area contributed by atoms with Crippen LogP contribution in [0.4, 0.5) is 4.39 Å². The Balaban J connectivity index is 1.69. The van der Waals surface area contributed by atoms with Crippen LogP contribution in [0.1, 0.15) is 32.4 Å². The summed E-state index contributed by atoms with van der Waals surface area (Å²) in [5.74, 6) is 1.15. The van der Waals surface area contributed by atoms with Crippen LogP contribution < -0.4 is 0 Å². The number of benzene rings is 1. The molecule has 0 spiro atoms. The minimum Gasteiger partial charge on any atom is -0.338 e. The molecule has 0 amide bonds. The molecule has 120 valence electrons. The van der Waals surface area contributed by atoms with E-state index >= 15 is 0 Å². The molecular weight excluding hydrogens is 315 g/mol. The second-order valence-electron chi connectivity index (χ2n) is 6.17. The predicted molar refractivity (Wildman–Crippen MR) is 86.5 cm³/mol. The molecule has 3 aromatic rings. The molecule has 2 heterocycles. The van der Waals surface area contributed by atoms with Crippen molar-refractivity contribution in [2.75, 3.05) is 0 Å². The average Bonchev–Trinajstić information content (AvgIpc) is 3.13. The van der Waals surface area contributed by atoms with Crippen molar-refractivity contribution in [1.82, 2.24) is 20.3 Å². The highest BCUT2D eigenvalue weighted by molar-refractivity contribution is 7.98. The summed E-state index contributed by atoms with van der Waals surface area (Å²) in [5, 5.41) is 11.2. The Morgan fingerprint density at radius 1 is 1.26 bits per heavy atom. The van der Waals surface area contributed by atoms with Gasteiger partial charge >= 0.3 is 0 Å². The second kappa shape index (κ2) is 6.16. The van der Waals surface area contributed by atoms with Gasteiger partial charge in [-0.3, -0.25) is 5.10 Å². The van der Waals surface area contributed by atoms with E-state index in [2.05, 4.69) is 41.1 Å². The summed E-state index contributed by atoms with van der Waals surface area (Å²) in [4.78, 5) is 5.16. The Morgan fingerprint density at radius 2 is 2.09 bits per heavy atom. The quantitative estimate of drug-likeness (QED) is 0.726. The molecule has 0 aliphatic heterocycles. The average molecular weight is 332 g/mol. The first-order chi connectivity index (χ1) is 10.9. The predicted octanol–water partition coefficient (Wildman–Crippen LogP) is 4.19. The number of thioether (sulfide) groups is 1. The molecule has 0 fully saturated rings. The van der Waals surface area contributed by atoms with Gasteiger partial charge in [0.15, 0.2) is 0 Å². The Bertz CT molecular complexity index is 806. The van der Waals surface area contributed by atoms with Crippen molar-refractivity contribution in [3.63, 3.8) is 0 Å². The van der Waals surface area contributed by atoms with Gasteiger partial charge in [-0.1, -0.05) is 32.0 Å². The SMILES string of the molecule is CC(C)(C)c1cc(-c2noc(CSc3cccc(F)c3)n2)n[nH]1. The number of nitrogens with one attached hydrogen (secondary N) is 1. The van der Waals surface area contributed by atoms with Crippen molar-refractivity contribution in [3.05, 3.63) is 47.7 Å². The van der Waals surface area contributed by atoms with Gasteiger partial charge in [0.25, 0.3) is 0 Å². The Labute approximate surface area is 137 Å². The van der Waals surface area contributed by atoms with E-state index in [4.69, 9.17) is 4.52 Å². The molecule has 0 radical (unpaired) electrons. The molecule has 0 saturated carbocycles. The van der Waals surface area contributed by atoms with Gasteiger partial charge in [-0.25, -0.2) is 4.39 Å². The zero-order valence-electron chi connectivity index (χ0n) is 13.1. The highest BCUT2D eigenvalue weighted by atomic mass is 32.2. The van der Waals surface area contributed by atoms with E-state index in [0.717, 1.165) is 10.6 Å². The third-order valence-electron chi connectivity index (χ3n) is 3.24. The smallest absolute Gasteiger partial charge is 0.237 e. The lowest BCUT2D eigenvalue weighted by Crippen LogP contribution is -2.11. The van der Waals surface area contributed by atoms with E-state index in [1.165, 1.54) is 23.9 Å². The summed E-state index contributed by atoms with van der Waals surface area (Å²) in [6.45, 7) is 6.30. The maximum absolute atomic E-state index is 13.1. The summed E-state index contributed by atoms with van der Waals surface area (Å²) in [7, 11) is 0. The lowest BCUT2D eigenvalue weighted by atomic mass is 9.92. The van der Waals surface area contributed by atoms with E-state index in [1.54, 1.807) is 6.07 Å². The lowest BCUT2D eigenvalue weighted by Gasteiger charge is -2.14. The van der Waals surface area contributed by atoms with Crippen molar-refractivity contribution in [1.29, 1.82) is 0 Å². The normalized spacial score (nSPS) is 11.8. The number of aromatic amines is 1. The van der Waals surface area contributed by atoms with Crippen LogP contribution in [0.15, 0.2) is 39.8 Å². The van der Waals surface area contributed by atoms with E-state index in [1.807, 2.05) is 12.1 Å². The van der Waals surface area contributed by atoms with Crippen molar-refractivity contribution in [3.8, 4) is 11.5 Å². The molecule has 0 saturated heterocycles. The first-order valence-electron chi connectivity index (χ1n) is 7.19. The topological polar surface area (TPSA) is 67.6 Å². The van der Waals surface area contributed by atoms with Crippen LogP contribution in [0.3, 0.4) is 0 Å². The molecule has 1 aromatic carbocycles. The van der Waals surface area contributed by atoms with Gasteiger partial charge in [0, 0.05) is 16.0 Å². The van der Waals surface area contributed by atoms with E-state index in [-0.39, 0.29) is 11.2 Å². The molecule has 2 aromatic heterocycles. The zero-order chi connectivity index (χ0) is 16.4. The number of halogens is 1. The zero-order valence-corrected chi connectivity index (χ0v) is 13.9. The minimum atomic E-state index is -0.257. The molecule has 3 rings (SSSR count). The molecule has 23 heavy (non-hydrogen) atoms. The third-order valence-corrected chi connectivity index (χ3v) is 4.22. The maximum atomic E-state index is 13.1. The van der Waals surface area contributed by atoms with E-state index in [9.17, 15) is 4.39 Å². The molecule has 0 unspecified atom stereocenters. The van der Waals surface area contributed by atoms with Crippen LogP contribution in [-0.4, -0.2) is 20.3 Å². The van der Waals surface area contributed by atoms with Gasteiger partial charge in [-0.2, -0.15) is 10.1 Å². The van der Waals surface area contributed by atoms with Gasteiger partial charge in [-0.05, 0) is 24.3 Å². The number of H-pyrrole nitrogens is 1. The molecule has 1 N–H and O–H groups in total. The third kappa shape index (κ3) is 3.79. The summed E-state index contributed by atoms with van der Waals surface area (Å²) >= 11 is 1.44. The minimum absolute atomic E-state index is 0.0228. The summed E-state index contributed by atoms with van der Waals surface area (Å²) in [6.07, 6.45) is 0. The Morgan fingerprint density at radius 3 is 2.78 bits per heavy atom. The lowest BCUT2D eigenvalue weighted by molar-refractivity contribution is 0.391. The number of aromatic nitrogens is 4. The number of hydrogen-bond donors (Lipinski definition) is 1. The summed E-state index contributed by atoms with van der Waals surface area (Å²) in [5.41, 5.74) is 1.64. The number of hydrogen-bond acceptors (Lipinski definition) is 5. The molecule has 5 nitrogen and oxygen atoms in total. The Hall–Kier alpha value is -2.15. The number of rotatable bonds is 4. The highest BCUT2D eigenvalue weighted by Crippen LogP contribution is 2.26. The molecule has 0 aliphatic rings. The van der Waals surface area contributed by atoms with Gasteiger partial charge in [0.05, 0.1) is 5.75 Å². The van der Waals surface area contributed by atoms with Crippen molar-refractivity contribution in [2.24, 2.45) is 0 Å². The fraction of sp³-hybridized carbons (Fsp3) is 0.312. The van der Waals surface area contributed by atoms with Crippen molar-refractivity contribution >= 4 is 11.8 Å². The largest absolute Gasteiger partial charge is 0.338 e. The number of nitrogens with zero attached hydrogens (tertiary/aromatic N) is 3. The van der Waals surface area contributed by atoms with Crippen molar-refractivity contribution < 1.29 is 8.91 Å². The second-order valence-corrected chi connectivity index (χ2v) is 7.22. The van der Waals surface area contributed by atoms with Gasteiger partial charge in [0.2, 0.25) is 11.7 Å². The van der Waals surface area contributed by atoms with E-state index in [0.29, 0.717) is 23.2 Å². The van der Waals surface area contributed by atoms with Crippen LogP contribution in [0.2, 0.25) is 0 Å². The van der Waals surface area contributed by atoms with E-state index < -0.39 is 0 Å². The van der Waals surface area contributed by atoms with Crippen LogP contribution in [-0.2, 0) is 11.2 Å². The van der Waals surface area contributed by atoms with Gasteiger partial charge in [-0.15, -0.1) is 11.8 Å². The van der Waals surface area contributed by atoms with Crippen LogP contribution in [0, 0.1) is 5.82 Å². The highest BCUT2D eigenvalue weighted by Gasteiger charge is 2.19. The standard InChI is InChI=1S/C16H17FN4OS/c1-16(2,3)13-8-12(19-20-13)15-18-14(22-21-15)9-23-11-6-4-5-10(17)7-11/h4-8H,9H2,1-3H3,(H,19,20). The first kappa shape index (κ1) is 15.7. The van der Waals surface area contributed by atoms with Crippen LogP contribution in [0.25, 0.3) is 11.5 Å². The first-order valence-corrected chi connectivity index (χ1v) is 8.17. The fourth-order valence-electron chi connectivity index (χ4n) is 1.94. The Kier molecular flexibility index (Phi) is 4.21. The molecule has 0 bridgehead atoms. The van der Waals surface area contributed by atoms with Crippen molar-refractivity contribution in [2.45, 2.75) is 36.8 Å². The summed E-state index contributed by atoms with van der Waals surface area (Å²) in [6, 6.07) is 8.34. The molecule has 7 heteroatoms. The summed E-state index contributed by atoms with van der Waals surface area (Å²) < 4.78 is 18.4. The monoisotopic (exact) mass is 332 g/mol.